The zero-order chi connectivity index (χ0) is 23.4. The molecule has 0 aliphatic heterocycles. The van der Waals surface area contributed by atoms with Gasteiger partial charge in [0.25, 0.3) is 11.6 Å². The normalized spacial score (nSPS) is 11.8. The van der Waals surface area contributed by atoms with E-state index in [0.717, 1.165) is 18.4 Å². The molecule has 0 fully saturated rings. The third-order valence-corrected chi connectivity index (χ3v) is 4.69. The summed E-state index contributed by atoms with van der Waals surface area (Å²) in [4.78, 5) is 22.8. The highest BCUT2D eigenvalue weighted by atomic mass is 35.5. The average molecular weight is 447 g/mol. The Labute approximate surface area is 189 Å². The molecule has 2 aromatic carbocycles. The van der Waals surface area contributed by atoms with Crippen molar-refractivity contribution in [3.05, 3.63) is 62.7 Å². The second-order valence-corrected chi connectivity index (χ2v) is 10.6. The molecule has 7 heteroatoms. The molecule has 1 N–H and O–H groups in total. The van der Waals surface area contributed by atoms with Crippen LogP contribution < -0.4 is 10.1 Å². The van der Waals surface area contributed by atoms with Crippen molar-refractivity contribution in [2.45, 2.75) is 54.4 Å². The Hall–Kier alpha value is -2.60. The second-order valence-electron chi connectivity index (χ2n) is 10.2. The maximum absolute atomic E-state index is 12.4. The fourth-order valence-electron chi connectivity index (χ4n) is 3.28. The van der Waals surface area contributed by atoms with Gasteiger partial charge in [-0.15, -0.1) is 0 Å². The number of amides is 1. The van der Waals surface area contributed by atoms with Crippen molar-refractivity contribution in [2.24, 2.45) is 10.8 Å². The fraction of sp³-hybridized carbons (Fsp3) is 0.458. The standard InChI is InChI=1S/C24H31ClN2O4/c1-23(2,3)13-16-7-10-21(17(11-16)14-24(4,5)6)31-15-22(28)26-18-8-9-19(25)20(12-18)27(29)30/h7-12H,13-15H2,1-6H3,(H,26,28). The lowest BCUT2D eigenvalue weighted by Crippen LogP contribution is -2.21. The van der Waals surface area contributed by atoms with Crippen LogP contribution in [0, 0.1) is 20.9 Å². The molecule has 168 valence electrons. The van der Waals surface area contributed by atoms with E-state index in [-0.39, 0.29) is 28.1 Å². The molecule has 0 aromatic heterocycles. The first-order valence-electron chi connectivity index (χ1n) is 10.2. The third-order valence-electron chi connectivity index (χ3n) is 4.37. The van der Waals surface area contributed by atoms with Gasteiger partial charge in [-0.2, -0.15) is 0 Å². The molecule has 31 heavy (non-hydrogen) atoms. The largest absolute Gasteiger partial charge is 0.483 e. The fourth-order valence-corrected chi connectivity index (χ4v) is 3.46. The zero-order valence-corrected chi connectivity index (χ0v) is 19.8. The summed E-state index contributed by atoms with van der Waals surface area (Å²) in [5.74, 6) is 0.266. The first-order chi connectivity index (χ1) is 14.2. The van der Waals surface area contributed by atoms with Crippen molar-refractivity contribution >= 4 is 28.9 Å². The summed E-state index contributed by atoms with van der Waals surface area (Å²) in [5, 5.41) is 13.7. The van der Waals surface area contributed by atoms with Gasteiger partial charge in [-0.3, -0.25) is 14.9 Å². The van der Waals surface area contributed by atoms with Crippen molar-refractivity contribution < 1.29 is 14.5 Å². The molecule has 2 rings (SSSR count). The van der Waals surface area contributed by atoms with E-state index in [4.69, 9.17) is 16.3 Å². The van der Waals surface area contributed by atoms with Crippen LogP contribution in [0.3, 0.4) is 0 Å². The molecule has 6 nitrogen and oxygen atoms in total. The van der Waals surface area contributed by atoms with Gasteiger partial charge in [-0.1, -0.05) is 65.3 Å². The molecule has 0 saturated heterocycles. The van der Waals surface area contributed by atoms with E-state index in [1.165, 1.54) is 23.8 Å². The molecule has 0 radical (unpaired) electrons. The van der Waals surface area contributed by atoms with E-state index in [1.54, 1.807) is 0 Å². The molecule has 0 bridgehead atoms. The number of nitrogens with zero attached hydrogens (tertiary/aromatic N) is 1. The lowest BCUT2D eigenvalue weighted by molar-refractivity contribution is -0.384. The minimum absolute atomic E-state index is 0.0152. The van der Waals surface area contributed by atoms with Gasteiger partial charge in [0.2, 0.25) is 0 Å². The summed E-state index contributed by atoms with van der Waals surface area (Å²) in [6, 6.07) is 10.2. The number of nitro benzene ring substituents is 1. The number of hydrogen-bond donors (Lipinski definition) is 1. The summed E-state index contributed by atoms with van der Waals surface area (Å²) < 4.78 is 5.83. The van der Waals surface area contributed by atoms with Gasteiger partial charge in [0.1, 0.15) is 10.8 Å². The number of carbonyl (C=O) groups excluding carboxylic acids is 1. The van der Waals surface area contributed by atoms with E-state index in [0.29, 0.717) is 11.4 Å². The summed E-state index contributed by atoms with van der Waals surface area (Å²) in [6.45, 7) is 12.9. The molecular formula is C24H31ClN2O4. The third kappa shape index (κ3) is 8.21. The van der Waals surface area contributed by atoms with E-state index < -0.39 is 10.8 Å². The average Bonchev–Trinajstić information content (AvgIpc) is 2.59. The topological polar surface area (TPSA) is 81.5 Å². The molecule has 2 aromatic rings. The molecule has 0 spiro atoms. The summed E-state index contributed by atoms with van der Waals surface area (Å²) in [7, 11) is 0. The molecule has 0 atom stereocenters. The summed E-state index contributed by atoms with van der Waals surface area (Å²) >= 11 is 5.81. The van der Waals surface area contributed by atoms with E-state index >= 15 is 0 Å². The maximum atomic E-state index is 12.4. The highest BCUT2D eigenvalue weighted by molar-refractivity contribution is 6.32. The molecule has 1 amide bonds. The van der Waals surface area contributed by atoms with Crippen LogP contribution >= 0.6 is 11.6 Å². The van der Waals surface area contributed by atoms with Crippen LogP contribution in [0.25, 0.3) is 0 Å². The van der Waals surface area contributed by atoms with Gasteiger partial charge >= 0.3 is 0 Å². The van der Waals surface area contributed by atoms with Crippen LogP contribution in [-0.4, -0.2) is 17.4 Å². The molecule has 0 aliphatic carbocycles. The highest BCUT2D eigenvalue weighted by Crippen LogP contribution is 2.31. The maximum Gasteiger partial charge on any atom is 0.289 e. The molecule has 0 heterocycles. The van der Waals surface area contributed by atoms with Gasteiger partial charge in [0, 0.05) is 11.8 Å². The number of anilines is 1. The molecule has 0 saturated carbocycles. The predicted octanol–water partition coefficient (Wildman–Crippen LogP) is 6.44. The minimum Gasteiger partial charge on any atom is -0.483 e. The Balaban J connectivity index is 2.13. The quantitative estimate of drug-likeness (QED) is 0.391. The van der Waals surface area contributed by atoms with Gasteiger partial charge in [0.15, 0.2) is 6.61 Å². The van der Waals surface area contributed by atoms with E-state index in [1.807, 2.05) is 12.1 Å². The second kappa shape index (κ2) is 9.69. The Morgan fingerprint density at radius 3 is 2.26 bits per heavy atom. The Morgan fingerprint density at radius 1 is 1.03 bits per heavy atom. The lowest BCUT2D eigenvalue weighted by atomic mass is 9.84. The van der Waals surface area contributed by atoms with Gasteiger partial charge in [0.05, 0.1) is 4.92 Å². The van der Waals surface area contributed by atoms with Gasteiger partial charge in [-0.25, -0.2) is 0 Å². The number of rotatable bonds is 7. The van der Waals surface area contributed by atoms with E-state index in [9.17, 15) is 14.9 Å². The minimum atomic E-state index is -0.591. The molecule has 0 unspecified atom stereocenters. The van der Waals surface area contributed by atoms with Crippen molar-refractivity contribution in [3.8, 4) is 5.75 Å². The summed E-state index contributed by atoms with van der Waals surface area (Å²) in [5.41, 5.74) is 2.55. The SMILES string of the molecule is CC(C)(C)Cc1ccc(OCC(=O)Nc2ccc(Cl)c([N+](=O)[O-])c2)c(CC(C)(C)C)c1. The van der Waals surface area contributed by atoms with Crippen molar-refractivity contribution in [3.63, 3.8) is 0 Å². The lowest BCUT2D eigenvalue weighted by Gasteiger charge is -2.23. The molecular weight excluding hydrogens is 416 g/mol. The Bertz CT molecular complexity index is 959. The predicted molar refractivity (Wildman–Crippen MR) is 125 cm³/mol. The number of carbonyl (C=O) groups is 1. The zero-order valence-electron chi connectivity index (χ0n) is 19.0. The number of benzene rings is 2. The first-order valence-corrected chi connectivity index (χ1v) is 10.6. The summed E-state index contributed by atoms with van der Waals surface area (Å²) in [6.07, 6.45) is 1.76. The van der Waals surface area contributed by atoms with Gasteiger partial charge in [-0.05, 0) is 53.0 Å². The first kappa shape index (κ1) is 24.7. The van der Waals surface area contributed by atoms with Crippen LogP contribution in [0.15, 0.2) is 36.4 Å². The number of nitro groups is 1. The van der Waals surface area contributed by atoms with Crippen LogP contribution in [-0.2, 0) is 17.6 Å². The van der Waals surface area contributed by atoms with Crippen molar-refractivity contribution in [2.75, 3.05) is 11.9 Å². The Kier molecular flexibility index (Phi) is 7.71. The van der Waals surface area contributed by atoms with Crippen molar-refractivity contribution in [1.82, 2.24) is 0 Å². The van der Waals surface area contributed by atoms with Crippen LogP contribution in [0.1, 0.15) is 52.7 Å². The van der Waals surface area contributed by atoms with E-state index in [2.05, 4.69) is 52.9 Å². The number of halogens is 1. The van der Waals surface area contributed by atoms with Crippen LogP contribution in [0.5, 0.6) is 5.75 Å². The number of nitrogens with one attached hydrogen (secondary N) is 1. The number of hydrogen-bond acceptors (Lipinski definition) is 4. The van der Waals surface area contributed by atoms with Crippen LogP contribution in [0.4, 0.5) is 11.4 Å². The van der Waals surface area contributed by atoms with Gasteiger partial charge < -0.3 is 10.1 Å². The Morgan fingerprint density at radius 2 is 1.68 bits per heavy atom. The van der Waals surface area contributed by atoms with Crippen LogP contribution in [0.2, 0.25) is 5.02 Å². The highest BCUT2D eigenvalue weighted by Gasteiger charge is 2.19. The molecule has 0 aliphatic rings. The smallest absolute Gasteiger partial charge is 0.289 e. The number of ether oxygens (including phenoxy) is 1. The monoisotopic (exact) mass is 446 g/mol. The van der Waals surface area contributed by atoms with Crippen molar-refractivity contribution in [1.29, 1.82) is 0 Å².